The molecule has 0 heterocycles. The Morgan fingerprint density at radius 2 is 1.81 bits per heavy atom. The van der Waals surface area contributed by atoms with Gasteiger partial charge in [-0.2, -0.15) is 13.2 Å². The van der Waals surface area contributed by atoms with Crippen LogP contribution in [0.15, 0.2) is 42.5 Å². The highest BCUT2D eigenvalue weighted by molar-refractivity contribution is 6.34. The van der Waals surface area contributed by atoms with Gasteiger partial charge >= 0.3 is 6.18 Å². The van der Waals surface area contributed by atoms with E-state index in [0.717, 1.165) is 23.8 Å². The second kappa shape index (κ2) is 5.77. The van der Waals surface area contributed by atoms with Crippen molar-refractivity contribution in [2.75, 3.05) is 5.32 Å². The number of rotatable bonds is 2. The van der Waals surface area contributed by atoms with Crippen LogP contribution < -0.4 is 5.32 Å². The number of alkyl halides is 3. The fourth-order valence-electron chi connectivity index (χ4n) is 1.81. The largest absolute Gasteiger partial charge is 0.416 e. The maximum absolute atomic E-state index is 12.7. The molecular weight excluding hydrogens is 303 g/mol. The van der Waals surface area contributed by atoms with Crippen molar-refractivity contribution < 1.29 is 18.0 Å². The minimum absolute atomic E-state index is 0.0462. The lowest BCUT2D eigenvalue weighted by atomic mass is 10.1. The van der Waals surface area contributed by atoms with Gasteiger partial charge in [-0.15, -0.1) is 0 Å². The maximum atomic E-state index is 12.7. The molecule has 2 aromatic carbocycles. The molecule has 0 spiro atoms. The van der Waals surface area contributed by atoms with Crippen LogP contribution in [0, 0.1) is 6.92 Å². The van der Waals surface area contributed by atoms with E-state index in [4.69, 9.17) is 11.6 Å². The summed E-state index contributed by atoms with van der Waals surface area (Å²) in [7, 11) is 0. The number of nitrogens with one attached hydrogen (secondary N) is 1. The van der Waals surface area contributed by atoms with Gasteiger partial charge in [-0.1, -0.05) is 29.8 Å². The Balaban J connectivity index is 2.31. The normalized spacial score (nSPS) is 11.3. The van der Waals surface area contributed by atoms with E-state index < -0.39 is 17.6 Å². The lowest BCUT2D eigenvalue weighted by Crippen LogP contribution is -2.14. The van der Waals surface area contributed by atoms with Crippen molar-refractivity contribution in [1.82, 2.24) is 0 Å². The van der Waals surface area contributed by atoms with E-state index in [2.05, 4.69) is 5.32 Å². The fourth-order valence-corrected chi connectivity index (χ4v) is 1.98. The van der Waals surface area contributed by atoms with Gasteiger partial charge in [0, 0.05) is 5.56 Å². The first-order valence-corrected chi connectivity index (χ1v) is 6.40. The van der Waals surface area contributed by atoms with Gasteiger partial charge in [0.15, 0.2) is 0 Å². The second-order valence-corrected chi connectivity index (χ2v) is 4.87. The van der Waals surface area contributed by atoms with Crippen molar-refractivity contribution in [3.8, 4) is 0 Å². The molecule has 6 heteroatoms. The van der Waals surface area contributed by atoms with Crippen LogP contribution in [0.2, 0.25) is 5.02 Å². The predicted molar refractivity (Wildman–Crippen MR) is 75.6 cm³/mol. The van der Waals surface area contributed by atoms with Crippen LogP contribution in [-0.2, 0) is 6.18 Å². The topological polar surface area (TPSA) is 29.1 Å². The monoisotopic (exact) mass is 313 g/mol. The molecule has 0 aromatic heterocycles. The summed E-state index contributed by atoms with van der Waals surface area (Å²) >= 11 is 5.84. The van der Waals surface area contributed by atoms with Crippen LogP contribution in [0.4, 0.5) is 18.9 Å². The highest BCUT2D eigenvalue weighted by atomic mass is 35.5. The van der Waals surface area contributed by atoms with Crippen molar-refractivity contribution in [3.63, 3.8) is 0 Å². The molecule has 0 aliphatic heterocycles. The number of benzene rings is 2. The zero-order chi connectivity index (χ0) is 15.6. The highest BCUT2D eigenvalue weighted by Gasteiger charge is 2.31. The quantitative estimate of drug-likeness (QED) is 0.837. The molecule has 2 nitrogen and oxygen atoms in total. The molecule has 2 aromatic rings. The van der Waals surface area contributed by atoms with E-state index in [1.54, 1.807) is 31.2 Å². The summed E-state index contributed by atoms with van der Waals surface area (Å²) in [5, 5.41) is 2.46. The first-order valence-electron chi connectivity index (χ1n) is 6.03. The molecule has 21 heavy (non-hydrogen) atoms. The standard InChI is InChI=1S/C15H11ClF3NO/c1-9-4-2-3-5-11(9)14(21)20-13-8-10(15(17,18)19)6-7-12(13)16/h2-8H,1H3,(H,20,21). The lowest BCUT2D eigenvalue weighted by molar-refractivity contribution is -0.137. The van der Waals surface area contributed by atoms with Gasteiger partial charge in [0.1, 0.15) is 0 Å². The van der Waals surface area contributed by atoms with Gasteiger partial charge < -0.3 is 5.32 Å². The second-order valence-electron chi connectivity index (χ2n) is 4.46. The molecule has 1 N–H and O–H groups in total. The third-order valence-electron chi connectivity index (χ3n) is 2.93. The van der Waals surface area contributed by atoms with E-state index in [-0.39, 0.29) is 10.7 Å². The summed E-state index contributed by atoms with van der Waals surface area (Å²) in [5.41, 5.74) is 0.163. The molecule has 0 unspecified atom stereocenters. The van der Waals surface area contributed by atoms with Crippen LogP contribution >= 0.6 is 11.6 Å². The molecule has 0 aliphatic rings. The number of halogens is 4. The third-order valence-corrected chi connectivity index (χ3v) is 3.26. The molecule has 0 bridgehead atoms. The van der Waals surface area contributed by atoms with Crippen molar-refractivity contribution in [3.05, 3.63) is 64.2 Å². The molecule has 1 amide bonds. The summed E-state index contributed by atoms with van der Waals surface area (Å²) in [6, 6.07) is 9.57. The number of amides is 1. The maximum Gasteiger partial charge on any atom is 0.416 e. The van der Waals surface area contributed by atoms with Gasteiger partial charge in [-0.3, -0.25) is 4.79 Å². The summed E-state index contributed by atoms with van der Waals surface area (Å²) in [6.07, 6.45) is -4.49. The summed E-state index contributed by atoms with van der Waals surface area (Å²) in [6.45, 7) is 1.74. The Morgan fingerprint density at radius 3 is 2.43 bits per heavy atom. The van der Waals surface area contributed by atoms with Crippen molar-refractivity contribution in [2.45, 2.75) is 13.1 Å². The number of carbonyl (C=O) groups excluding carboxylic acids is 1. The first-order chi connectivity index (χ1) is 9.79. The fraction of sp³-hybridized carbons (Fsp3) is 0.133. The molecular formula is C15H11ClF3NO. The number of anilines is 1. The first kappa shape index (κ1) is 15.4. The van der Waals surface area contributed by atoms with Gasteiger partial charge in [-0.05, 0) is 36.8 Å². The van der Waals surface area contributed by atoms with Gasteiger partial charge in [0.25, 0.3) is 5.91 Å². The summed E-state index contributed by atoms with van der Waals surface area (Å²) in [4.78, 5) is 12.1. The zero-order valence-electron chi connectivity index (χ0n) is 11.0. The molecule has 2 rings (SSSR count). The Hall–Kier alpha value is -2.01. The van der Waals surface area contributed by atoms with Crippen molar-refractivity contribution in [1.29, 1.82) is 0 Å². The predicted octanol–water partition coefficient (Wildman–Crippen LogP) is 4.92. The van der Waals surface area contributed by atoms with E-state index in [0.29, 0.717) is 5.56 Å². The van der Waals surface area contributed by atoms with Gasteiger partial charge in [-0.25, -0.2) is 0 Å². The summed E-state index contributed by atoms with van der Waals surface area (Å²) in [5.74, 6) is -0.505. The molecule has 0 saturated carbocycles. The average Bonchev–Trinajstić information content (AvgIpc) is 2.40. The zero-order valence-corrected chi connectivity index (χ0v) is 11.7. The van der Waals surface area contributed by atoms with E-state index in [1.165, 1.54) is 0 Å². The Bertz CT molecular complexity index is 683. The molecule has 0 saturated heterocycles. The Labute approximate surface area is 124 Å². The molecule has 0 fully saturated rings. The number of hydrogen-bond donors (Lipinski definition) is 1. The molecule has 110 valence electrons. The third kappa shape index (κ3) is 3.55. The van der Waals surface area contributed by atoms with Gasteiger partial charge in [0.2, 0.25) is 0 Å². The summed E-state index contributed by atoms with van der Waals surface area (Å²) < 4.78 is 38.0. The van der Waals surface area contributed by atoms with Crippen LogP contribution in [0.1, 0.15) is 21.5 Å². The SMILES string of the molecule is Cc1ccccc1C(=O)Nc1cc(C(F)(F)F)ccc1Cl. The Morgan fingerprint density at radius 1 is 1.14 bits per heavy atom. The lowest BCUT2D eigenvalue weighted by Gasteiger charge is -2.12. The van der Waals surface area contributed by atoms with E-state index >= 15 is 0 Å². The van der Waals surface area contributed by atoms with Gasteiger partial charge in [0.05, 0.1) is 16.3 Å². The molecule has 0 aliphatic carbocycles. The smallest absolute Gasteiger partial charge is 0.321 e. The van der Waals surface area contributed by atoms with Crippen LogP contribution in [0.5, 0.6) is 0 Å². The minimum Gasteiger partial charge on any atom is -0.321 e. The van der Waals surface area contributed by atoms with Crippen LogP contribution in [0.25, 0.3) is 0 Å². The number of carbonyl (C=O) groups is 1. The minimum atomic E-state index is -4.49. The van der Waals surface area contributed by atoms with E-state index in [9.17, 15) is 18.0 Å². The highest BCUT2D eigenvalue weighted by Crippen LogP contribution is 2.34. The van der Waals surface area contributed by atoms with Crippen LogP contribution in [-0.4, -0.2) is 5.91 Å². The molecule has 0 radical (unpaired) electrons. The Kier molecular flexibility index (Phi) is 4.23. The number of hydrogen-bond acceptors (Lipinski definition) is 1. The van der Waals surface area contributed by atoms with E-state index in [1.807, 2.05) is 0 Å². The van der Waals surface area contributed by atoms with Crippen LogP contribution in [0.3, 0.4) is 0 Å². The number of aryl methyl sites for hydroxylation is 1. The average molecular weight is 314 g/mol. The molecule has 0 atom stereocenters. The van der Waals surface area contributed by atoms with Crippen molar-refractivity contribution in [2.24, 2.45) is 0 Å². The van der Waals surface area contributed by atoms with Crippen molar-refractivity contribution >= 4 is 23.2 Å².